The van der Waals surface area contributed by atoms with Gasteiger partial charge in [-0.25, -0.2) is 9.97 Å². The largest absolute Gasteiger partial charge is 0.371 e. The number of anilines is 1. The molecule has 4 heterocycles. The van der Waals surface area contributed by atoms with Crippen LogP contribution < -0.4 is 10.6 Å². The highest BCUT2D eigenvalue weighted by Gasteiger charge is 2.48. The summed E-state index contributed by atoms with van der Waals surface area (Å²) in [6, 6.07) is 5.68. The van der Waals surface area contributed by atoms with Crippen molar-refractivity contribution < 1.29 is 14.3 Å². The van der Waals surface area contributed by atoms with Crippen molar-refractivity contribution in [2.45, 2.75) is 56.9 Å². The number of thiophene rings is 1. The molecule has 0 bridgehead atoms. The minimum atomic E-state index is -0.157. The third-order valence-electron chi connectivity index (χ3n) is 5.05. The van der Waals surface area contributed by atoms with E-state index in [4.69, 9.17) is 9.47 Å². The molecule has 7 nitrogen and oxygen atoms in total. The summed E-state index contributed by atoms with van der Waals surface area (Å²) in [4.78, 5) is 22.3. The molecule has 2 aliphatic rings. The predicted molar refractivity (Wildman–Crippen MR) is 108 cm³/mol. The maximum Gasteiger partial charge on any atom is 0.225 e. The highest BCUT2D eigenvalue weighted by molar-refractivity contribution is 7.10. The van der Waals surface area contributed by atoms with Crippen LogP contribution in [0.4, 0.5) is 5.95 Å². The second kappa shape index (κ2) is 7.77. The number of hydrogen-bond donors (Lipinski definition) is 2. The Kier molecular flexibility index (Phi) is 5.35. The molecule has 150 valence electrons. The normalized spacial score (nSPS) is 26.8. The average Bonchev–Trinajstić information content (AvgIpc) is 3.36. The molecule has 0 aliphatic carbocycles. The molecule has 2 aromatic rings. The van der Waals surface area contributed by atoms with Crippen LogP contribution in [0, 0.1) is 0 Å². The van der Waals surface area contributed by atoms with Crippen molar-refractivity contribution in [1.29, 1.82) is 0 Å². The van der Waals surface area contributed by atoms with Crippen LogP contribution in [0.2, 0.25) is 0 Å². The lowest BCUT2D eigenvalue weighted by molar-refractivity contribution is -0.121. The lowest BCUT2D eigenvalue weighted by Gasteiger charge is -2.21. The van der Waals surface area contributed by atoms with Gasteiger partial charge < -0.3 is 20.1 Å². The summed E-state index contributed by atoms with van der Waals surface area (Å²) in [5, 5.41) is 8.39. The fourth-order valence-electron chi connectivity index (χ4n) is 3.59. The van der Waals surface area contributed by atoms with Crippen LogP contribution in [0.25, 0.3) is 0 Å². The van der Waals surface area contributed by atoms with E-state index in [1.54, 1.807) is 17.5 Å². The summed E-state index contributed by atoms with van der Waals surface area (Å²) < 4.78 is 11.9. The predicted octanol–water partition coefficient (Wildman–Crippen LogP) is 2.14. The van der Waals surface area contributed by atoms with E-state index >= 15 is 0 Å². The van der Waals surface area contributed by atoms with Gasteiger partial charge in [-0.15, -0.1) is 11.3 Å². The van der Waals surface area contributed by atoms with Crippen LogP contribution in [0.3, 0.4) is 0 Å². The van der Waals surface area contributed by atoms with Gasteiger partial charge in [0.15, 0.2) is 0 Å². The number of rotatable bonds is 5. The first-order chi connectivity index (χ1) is 13.4. The molecule has 2 aromatic heterocycles. The van der Waals surface area contributed by atoms with E-state index in [1.807, 2.05) is 23.6 Å². The standard InChI is InChI=1S/C20H26N4O3S/c1-20(2,3)15-6-7-21-19(24-15)23-14-11-27-17-13(10-26-18(14)17)22-16(25)9-12-5-4-8-28-12/h4-8,13-14,17-18H,9-11H2,1-3H3,(H,22,25)(H,21,23,24)/t13-,14+,17-,18+/m0/s1. The summed E-state index contributed by atoms with van der Waals surface area (Å²) in [7, 11) is 0. The van der Waals surface area contributed by atoms with Crippen LogP contribution >= 0.6 is 11.3 Å². The Morgan fingerprint density at radius 1 is 1.21 bits per heavy atom. The molecule has 0 unspecified atom stereocenters. The van der Waals surface area contributed by atoms with Crippen molar-refractivity contribution in [2.24, 2.45) is 0 Å². The molecular weight excluding hydrogens is 376 g/mol. The fourth-order valence-corrected chi connectivity index (χ4v) is 4.29. The molecule has 28 heavy (non-hydrogen) atoms. The summed E-state index contributed by atoms with van der Waals surface area (Å²) in [6.07, 6.45) is 1.87. The van der Waals surface area contributed by atoms with Crippen molar-refractivity contribution in [3.8, 4) is 0 Å². The third kappa shape index (κ3) is 4.19. The zero-order valence-corrected chi connectivity index (χ0v) is 17.2. The van der Waals surface area contributed by atoms with Crippen LogP contribution in [-0.4, -0.2) is 53.4 Å². The molecule has 1 amide bonds. The zero-order valence-electron chi connectivity index (χ0n) is 16.3. The smallest absolute Gasteiger partial charge is 0.225 e. The number of ether oxygens (including phenoxy) is 2. The maximum atomic E-state index is 12.3. The van der Waals surface area contributed by atoms with Crippen LogP contribution in [-0.2, 0) is 26.1 Å². The number of nitrogens with zero attached hydrogens (tertiary/aromatic N) is 2. The van der Waals surface area contributed by atoms with Gasteiger partial charge in [0.25, 0.3) is 0 Å². The van der Waals surface area contributed by atoms with Crippen molar-refractivity contribution >= 4 is 23.2 Å². The Morgan fingerprint density at radius 3 is 2.68 bits per heavy atom. The summed E-state index contributed by atoms with van der Waals surface area (Å²) in [5.41, 5.74) is 0.933. The SMILES string of the molecule is CC(C)(C)c1ccnc(N[C@@H]2CO[C@@H]3[C@@H]2OC[C@@H]3NC(=O)Cc2cccs2)n1. The second-order valence-electron chi connectivity index (χ2n) is 8.29. The Hall–Kier alpha value is -2.03. The molecule has 4 rings (SSSR count). The number of nitrogens with one attached hydrogen (secondary N) is 2. The number of aromatic nitrogens is 2. The van der Waals surface area contributed by atoms with Gasteiger partial charge in [0.05, 0.1) is 37.4 Å². The lowest BCUT2D eigenvalue weighted by Crippen LogP contribution is -2.45. The Balaban J connectivity index is 1.35. The van der Waals surface area contributed by atoms with E-state index < -0.39 is 0 Å². The summed E-state index contributed by atoms with van der Waals surface area (Å²) in [5.74, 6) is 0.577. The van der Waals surface area contributed by atoms with E-state index in [-0.39, 0.29) is 35.6 Å². The van der Waals surface area contributed by atoms with E-state index in [0.717, 1.165) is 10.6 Å². The van der Waals surface area contributed by atoms with Crippen molar-refractivity contribution in [2.75, 3.05) is 18.5 Å². The van der Waals surface area contributed by atoms with Gasteiger partial charge >= 0.3 is 0 Å². The third-order valence-corrected chi connectivity index (χ3v) is 5.93. The first kappa shape index (κ1) is 19.3. The van der Waals surface area contributed by atoms with Crippen molar-refractivity contribution in [3.63, 3.8) is 0 Å². The highest BCUT2D eigenvalue weighted by Crippen LogP contribution is 2.29. The topological polar surface area (TPSA) is 85.4 Å². The fraction of sp³-hybridized carbons (Fsp3) is 0.550. The molecule has 2 saturated heterocycles. The van der Waals surface area contributed by atoms with Crippen LogP contribution in [0.1, 0.15) is 31.3 Å². The highest BCUT2D eigenvalue weighted by atomic mass is 32.1. The molecule has 4 atom stereocenters. The molecule has 2 N–H and O–H groups in total. The quantitative estimate of drug-likeness (QED) is 0.797. The Labute approximate surface area is 168 Å². The molecule has 0 spiro atoms. The molecular formula is C20H26N4O3S. The van der Waals surface area contributed by atoms with E-state index in [9.17, 15) is 4.79 Å². The summed E-state index contributed by atoms with van der Waals surface area (Å²) >= 11 is 1.59. The van der Waals surface area contributed by atoms with E-state index in [2.05, 4.69) is 41.4 Å². The Bertz CT molecular complexity index is 821. The number of amides is 1. The van der Waals surface area contributed by atoms with Gasteiger partial charge in [-0.05, 0) is 17.5 Å². The van der Waals surface area contributed by atoms with E-state index in [0.29, 0.717) is 25.6 Å². The summed E-state index contributed by atoms with van der Waals surface area (Å²) in [6.45, 7) is 7.31. The molecule has 0 aromatic carbocycles. The van der Waals surface area contributed by atoms with Crippen LogP contribution in [0.5, 0.6) is 0 Å². The minimum Gasteiger partial charge on any atom is -0.371 e. The first-order valence-corrected chi connectivity index (χ1v) is 10.4. The van der Waals surface area contributed by atoms with Gasteiger partial charge in [-0.3, -0.25) is 4.79 Å². The molecule has 2 aliphatic heterocycles. The second-order valence-corrected chi connectivity index (χ2v) is 9.32. The first-order valence-electron chi connectivity index (χ1n) is 9.55. The Morgan fingerprint density at radius 2 is 1.96 bits per heavy atom. The molecule has 2 fully saturated rings. The van der Waals surface area contributed by atoms with Gasteiger partial charge in [0, 0.05) is 16.5 Å². The number of carbonyl (C=O) groups is 1. The maximum absolute atomic E-state index is 12.3. The molecule has 0 saturated carbocycles. The van der Waals surface area contributed by atoms with E-state index in [1.165, 1.54) is 0 Å². The number of fused-ring (bicyclic) bond motifs is 1. The average molecular weight is 403 g/mol. The van der Waals surface area contributed by atoms with Gasteiger partial charge in [0.1, 0.15) is 12.2 Å². The number of hydrogen-bond acceptors (Lipinski definition) is 7. The molecule has 8 heteroatoms. The van der Waals surface area contributed by atoms with Gasteiger partial charge in [-0.1, -0.05) is 26.8 Å². The van der Waals surface area contributed by atoms with Gasteiger partial charge in [0.2, 0.25) is 11.9 Å². The monoisotopic (exact) mass is 402 g/mol. The minimum absolute atomic E-state index is 0.00193. The molecule has 0 radical (unpaired) electrons. The lowest BCUT2D eigenvalue weighted by atomic mass is 9.92. The van der Waals surface area contributed by atoms with Crippen molar-refractivity contribution in [3.05, 3.63) is 40.3 Å². The number of carbonyl (C=O) groups excluding carboxylic acids is 1. The van der Waals surface area contributed by atoms with Crippen LogP contribution in [0.15, 0.2) is 29.8 Å². The van der Waals surface area contributed by atoms with Gasteiger partial charge in [-0.2, -0.15) is 0 Å². The zero-order chi connectivity index (χ0) is 19.7. The van der Waals surface area contributed by atoms with Crippen molar-refractivity contribution in [1.82, 2.24) is 15.3 Å².